The first-order chi connectivity index (χ1) is 6.16. The molecule has 1 aromatic carbocycles. The highest BCUT2D eigenvalue weighted by molar-refractivity contribution is 6.55. The summed E-state index contributed by atoms with van der Waals surface area (Å²) in [6, 6.07) is 7.36. The maximum atomic E-state index is 11.5. The molecule has 0 aliphatic rings. The highest BCUT2D eigenvalue weighted by Gasteiger charge is 2.16. The summed E-state index contributed by atoms with van der Waals surface area (Å²) in [5.41, 5.74) is 1.61. The second-order valence-corrected chi connectivity index (χ2v) is 3.77. The standard InChI is InChI=1S/C10H10Cl2O/c1-2-7-5-3-4-6-8(7)9(13)10(11)12/h3-6,10H,2H2,1H3. The predicted octanol–water partition coefficient (Wildman–Crippen LogP) is 3.24. The molecule has 0 saturated heterocycles. The molecule has 0 bridgehead atoms. The molecule has 0 aromatic heterocycles. The molecule has 0 spiro atoms. The van der Waals surface area contributed by atoms with E-state index in [1.54, 1.807) is 6.07 Å². The Kier molecular flexibility index (Phi) is 3.76. The number of carbonyl (C=O) groups excluding carboxylic acids is 1. The Balaban J connectivity index is 3.06. The summed E-state index contributed by atoms with van der Waals surface area (Å²) >= 11 is 11.0. The summed E-state index contributed by atoms with van der Waals surface area (Å²) < 4.78 is 0. The van der Waals surface area contributed by atoms with Crippen LogP contribution in [0.4, 0.5) is 0 Å². The van der Waals surface area contributed by atoms with E-state index < -0.39 is 4.84 Å². The number of ketones is 1. The molecule has 1 nitrogen and oxygen atoms in total. The Morgan fingerprint density at radius 1 is 1.38 bits per heavy atom. The van der Waals surface area contributed by atoms with Crippen LogP contribution in [0.25, 0.3) is 0 Å². The summed E-state index contributed by atoms with van der Waals surface area (Å²) in [7, 11) is 0. The van der Waals surface area contributed by atoms with E-state index >= 15 is 0 Å². The van der Waals surface area contributed by atoms with Gasteiger partial charge in [0, 0.05) is 5.56 Å². The molecule has 1 aromatic rings. The van der Waals surface area contributed by atoms with E-state index in [1.165, 1.54) is 0 Å². The topological polar surface area (TPSA) is 17.1 Å². The molecule has 0 aliphatic heterocycles. The van der Waals surface area contributed by atoms with Gasteiger partial charge in [-0.25, -0.2) is 0 Å². The molecule has 0 aliphatic carbocycles. The molecule has 0 heterocycles. The molecular weight excluding hydrogens is 207 g/mol. The molecule has 0 fully saturated rings. The van der Waals surface area contributed by atoms with E-state index in [2.05, 4.69) is 0 Å². The number of rotatable bonds is 3. The van der Waals surface area contributed by atoms with Gasteiger partial charge in [0.2, 0.25) is 0 Å². The van der Waals surface area contributed by atoms with Crippen molar-refractivity contribution in [2.75, 3.05) is 0 Å². The lowest BCUT2D eigenvalue weighted by molar-refractivity contribution is 0.101. The summed E-state index contributed by atoms with van der Waals surface area (Å²) in [6.07, 6.45) is 0.808. The number of benzene rings is 1. The van der Waals surface area contributed by atoms with Crippen molar-refractivity contribution in [1.29, 1.82) is 0 Å². The molecule has 0 unspecified atom stereocenters. The van der Waals surface area contributed by atoms with Crippen molar-refractivity contribution < 1.29 is 4.79 Å². The van der Waals surface area contributed by atoms with E-state index in [-0.39, 0.29) is 5.78 Å². The zero-order chi connectivity index (χ0) is 9.84. The molecule has 3 heteroatoms. The number of Topliss-reactive ketones (excluding diaryl/α,β-unsaturated/α-hetero) is 1. The van der Waals surface area contributed by atoms with Gasteiger partial charge in [-0.1, -0.05) is 54.4 Å². The highest BCUT2D eigenvalue weighted by Crippen LogP contribution is 2.16. The number of hydrogen-bond acceptors (Lipinski definition) is 1. The molecule has 0 N–H and O–H groups in total. The lowest BCUT2D eigenvalue weighted by Crippen LogP contribution is -2.10. The van der Waals surface area contributed by atoms with Crippen LogP contribution in [0.1, 0.15) is 22.8 Å². The van der Waals surface area contributed by atoms with Gasteiger partial charge in [-0.3, -0.25) is 4.79 Å². The van der Waals surface area contributed by atoms with Crippen LogP contribution in [0.3, 0.4) is 0 Å². The van der Waals surface area contributed by atoms with Crippen LogP contribution in [-0.2, 0) is 6.42 Å². The first-order valence-corrected chi connectivity index (χ1v) is 4.94. The van der Waals surface area contributed by atoms with Crippen molar-refractivity contribution in [3.8, 4) is 0 Å². The second-order valence-electron chi connectivity index (χ2n) is 2.68. The van der Waals surface area contributed by atoms with Gasteiger partial charge < -0.3 is 0 Å². The summed E-state index contributed by atoms with van der Waals surface area (Å²) in [5.74, 6) is -0.221. The van der Waals surface area contributed by atoms with Crippen molar-refractivity contribution in [2.45, 2.75) is 18.2 Å². The fraction of sp³-hybridized carbons (Fsp3) is 0.300. The van der Waals surface area contributed by atoms with Crippen molar-refractivity contribution in [3.05, 3.63) is 35.4 Å². The van der Waals surface area contributed by atoms with E-state index in [4.69, 9.17) is 23.2 Å². The molecule has 1 rings (SSSR count). The van der Waals surface area contributed by atoms with Gasteiger partial charge >= 0.3 is 0 Å². The fourth-order valence-electron chi connectivity index (χ4n) is 1.19. The summed E-state index contributed by atoms with van der Waals surface area (Å²) in [4.78, 5) is 10.5. The average Bonchev–Trinajstić information content (AvgIpc) is 2.16. The lowest BCUT2D eigenvalue weighted by Gasteiger charge is -2.06. The third-order valence-corrected chi connectivity index (χ3v) is 2.26. The number of alkyl halides is 2. The van der Waals surface area contributed by atoms with Crippen LogP contribution < -0.4 is 0 Å². The third kappa shape index (κ3) is 2.45. The van der Waals surface area contributed by atoms with Crippen LogP contribution >= 0.6 is 23.2 Å². The Morgan fingerprint density at radius 3 is 2.54 bits per heavy atom. The maximum absolute atomic E-state index is 11.5. The smallest absolute Gasteiger partial charge is 0.195 e. The number of halogens is 2. The van der Waals surface area contributed by atoms with Gasteiger partial charge in [0.15, 0.2) is 10.6 Å². The zero-order valence-corrected chi connectivity index (χ0v) is 8.77. The van der Waals surface area contributed by atoms with Gasteiger partial charge in [0.05, 0.1) is 0 Å². The Morgan fingerprint density at radius 2 is 2.00 bits per heavy atom. The van der Waals surface area contributed by atoms with Crippen molar-refractivity contribution in [1.82, 2.24) is 0 Å². The molecule has 0 radical (unpaired) electrons. The first kappa shape index (κ1) is 10.6. The van der Waals surface area contributed by atoms with Crippen LogP contribution in [-0.4, -0.2) is 10.6 Å². The van der Waals surface area contributed by atoms with Crippen LogP contribution in [0, 0.1) is 0 Å². The minimum atomic E-state index is -0.965. The minimum Gasteiger partial charge on any atom is -0.291 e. The summed E-state index contributed by atoms with van der Waals surface area (Å²) in [5, 5.41) is 0. The molecule has 13 heavy (non-hydrogen) atoms. The molecule has 70 valence electrons. The van der Waals surface area contributed by atoms with Crippen molar-refractivity contribution in [2.24, 2.45) is 0 Å². The molecule has 0 atom stereocenters. The van der Waals surface area contributed by atoms with Crippen molar-refractivity contribution >= 4 is 29.0 Å². The fourth-order valence-corrected chi connectivity index (χ4v) is 1.42. The van der Waals surface area contributed by atoms with Gasteiger partial charge in [0.1, 0.15) is 0 Å². The minimum absolute atomic E-state index is 0.221. The number of hydrogen-bond donors (Lipinski definition) is 0. The third-order valence-electron chi connectivity index (χ3n) is 1.86. The van der Waals surface area contributed by atoms with Crippen LogP contribution in [0.15, 0.2) is 24.3 Å². The van der Waals surface area contributed by atoms with Gasteiger partial charge in [-0.15, -0.1) is 0 Å². The normalized spacial score (nSPS) is 10.5. The van der Waals surface area contributed by atoms with Crippen LogP contribution in [0.5, 0.6) is 0 Å². The molecular formula is C10H10Cl2O. The molecule has 0 saturated carbocycles. The predicted molar refractivity (Wildman–Crippen MR) is 55.6 cm³/mol. The zero-order valence-electron chi connectivity index (χ0n) is 7.26. The lowest BCUT2D eigenvalue weighted by atomic mass is 10.0. The van der Waals surface area contributed by atoms with E-state index in [0.717, 1.165) is 12.0 Å². The quantitative estimate of drug-likeness (QED) is 0.561. The SMILES string of the molecule is CCc1ccccc1C(=O)C(Cl)Cl. The van der Waals surface area contributed by atoms with Crippen molar-refractivity contribution in [3.63, 3.8) is 0 Å². The second kappa shape index (κ2) is 4.64. The monoisotopic (exact) mass is 216 g/mol. The highest BCUT2D eigenvalue weighted by atomic mass is 35.5. The largest absolute Gasteiger partial charge is 0.291 e. The van der Waals surface area contributed by atoms with Gasteiger partial charge in [-0.05, 0) is 12.0 Å². The van der Waals surface area contributed by atoms with Gasteiger partial charge in [0.25, 0.3) is 0 Å². The maximum Gasteiger partial charge on any atom is 0.195 e. The van der Waals surface area contributed by atoms with E-state index in [1.807, 2.05) is 25.1 Å². The average molecular weight is 217 g/mol. The van der Waals surface area contributed by atoms with E-state index in [0.29, 0.717) is 5.56 Å². The Bertz CT molecular complexity index is 308. The van der Waals surface area contributed by atoms with Gasteiger partial charge in [-0.2, -0.15) is 0 Å². The Hall–Kier alpha value is -0.530. The first-order valence-electron chi connectivity index (χ1n) is 4.07. The number of carbonyl (C=O) groups is 1. The molecule has 0 amide bonds. The Labute approximate surface area is 87.7 Å². The van der Waals surface area contributed by atoms with Crippen LogP contribution in [0.2, 0.25) is 0 Å². The van der Waals surface area contributed by atoms with E-state index in [9.17, 15) is 4.79 Å². The number of aryl methyl sites for hydroxylation is 1. The summed E-state index contributed by atoms with van der Waals surface area (Å²) in [6.45, 7) is 1.99.